The second-order valence-electron chi connectivity index (χ2n) is 4.69. The minimum Gasteiger partial charge on any atom is -0.472 e. The van der Waals surface area contributed by atoms with E-state index < -0.39 is 0 Å². The van der Waals surface area contributed by atoms with Crippen LogP contribution in [0.4, 0.5) is 0 Å². The number of hydrogen-bond acceptors (Lipinski definition) is 3. The number of benzene rings is 1. The summed E-state index contributed by atoms with van der Waals surface area (Å²) in [5.74, 6) is 0.367. The quantitative estimate of drug-likeness (QED) is 0.773. The maximum atomic E-state index is 11.2. The van der Waals surface area contributed by atoms with Gasteiger partial charge in [0.15, 0.2) is 6.29 Å². The highest BCUT2D eigenvalue weighted by molar-refractivity contribution is 5.81. The number of hydrogen-bond donors (Lipinski definition) is 0. The van der Waals surface area contributed by atoms with Crippen molar-refractivity contribution in [2.45, 2.75) is 20.5 Å². The number of rotatable bonds is 5. The maximum absolute atomic E-state index is 11.2. The van der Waals surface area contributed by atoms with E-state index in [0.29, 0.717) is 18.1 Å². The van der Waals surface area contributed by atoms with Crippen LogP contribution in [-0.4, -0.2) is 11.3 Å². The molecular weight excluding hydrogens is 250 g/mol. The first kappa shape index (κ1) is 14.0. The highest BCUT2D eigenvalue weighted by Crippen LogP contribution is 2.23. The summed E-state index contributed by atoms with van der Waals surface area (Å²) in [7, 11) is 0. The molecule has 0 bridgehead atoms. The van der Waals surface area contributed by atoms with Crippen LogP contribution in [0.1, 0.15) is 34.1 Å². The summed E-state index contributed by atoms with van der Waals surface area (Å²) < 4.78 is 5.66. The van der Waals surface area contributed by atoms with Crippen molar-refractivity contribution in [3.8, 4) is 5.88 Å². The van der Waals surface area contributed by atoms with Crippen LogP contribution in [0.5, 0.6) is 5.88 Å². The normalized spacial score (nSPS) is 10.1. The summed E-state index contributed by atoms with van der Waals surface area (Å²) in [6.07, 6.45) is 0.763. The molecule has 1 aromatic carbocycles. The van der Waals surface area contributed by atoms with E-state index in [9.17, 15) is 4.79 Å². The van der Waals surface area contributed by atoms with Gasteiger partial charge in [0.25, 0.3) is 0 Å². The van der Waals surface area contributed by atoms with Gasteiger partial charge in [-0.2, -0.15) is 0 Å². The second-order valence-corrected chi connectivity index (χ2v) is 4.69. The number of aromatic nitrogens is 1. The molecule has 0 aliphatic heterocycles. The van der Waals surface area contributed by atoms with Gasteiger partial charge in [-0.05, 0) is 36.6 Å². The molecule has 3 heteroatoms. The Kier molecular flexibility index (Phi) is 4.31. The Morgan fingerprint density at radius 1 is 1.35 bits per heavy atom. The van der Waals surface area contributed by atoms with Crippen molar-refractivity contribution in [3.63, 3.8) is 0 Å². The van der Waals surface area contributed by atoms with Crippen molar-refractivity contribution in [3.05, 3.63) is 65.4 Å². The number of aldehydes is 1. The lowest BCUT2D eigenvalue weighted by Crippen LogP contribution is -2.03. The number of ether oxygens (including phenoxy) is 1. The van der Waals surface area contributed by atoms with Crippen LogP contribution in [-0.2, 0) is 6.61 Å². The van der Waals surface area contributed by atoms with Gasteiger partial charge in [0.1, 0.15) is 6.61 Å². The smallest absolute Gasteiger partial charge is 0.224 e. The molecule has 0 atom stereocenters. The van der Waals surface area contributed by atoms with E-state index >= 15 is 0 Å². The summed E-state index contributed by atoms with van der Waals surface area (Å²) in [6, 6.07) is 11.6. The van der Waals surface area contributed by atoms with Crippen LogP contribution in [0.25, 0.3) is 5.57 Å². The molecule has 0 saturated heterocycles. The topological polar surface area (TPSA) is 39.2 Å². The Labute approximate surface area is 118 Å². The largest absolute Gasteiger partial charge is 0.472 e. The zero-order valence-corrected chi connectivity index (χ0v) is 11.7. The van der Waals surface area contributed by atoms with E-state index in [-0.39, 0.29) is 0 Å². The van der Waals surface area contributed by atoms with Gasteiger partial charge in [0.2, 0.25) is 5.88 Å². The number of nitrogens with zero attached hydrogens (tertiary/aromatic N) is 1. The summed E-state index contributed by atoms with van der Waals surface area (Å²) in [5.41, 5.74) is 4.07. The van der Waals surface area contributed by atoms with E-state index in [1.165, 1.54) is 0 Å². The molecule has 0 aliphatic carbocycles. The molecule has 0 amide bonds. The van der Waals surface area contributed by atoms with Crippen molar-refractivity contribution in [1.29, 1.82) is 0 Å². The van der Waals surface area contributed by atoms with E-state index in [1.807, 2.05) is 44.2 Å². The minimum atomic E-state index is 0.367. The number of carbonyl (C=O) groups is 1. The lowest BCUT2D eigenvalue weighted by atomic mass is 10.1. The van der Waals surface area contributed by atoms with Gasteiger partial charge in [0.05, 0.1) is 5.56 Å². The Hall–Kier alpha value is -2.42. The average molecular weight is 267 g/mol. The van der Waals surface area contributed by atoms with E-state index in [4.69, 9.17) is 4.74 Å². The Balaban J connectivity index is 2.25. The molecule has 0 spiro atoms. The van der Waals surface area contributed by atoms with Crippen LogP contribution < -0.4 is 4.74 Å². The minimum absolute atomic E-state index is 0.367. The number of allylic oxidation sites excluding steroid dienone is 1. The van der Waals surface area contributed by atoms with Crippen LogP contribution in [0.15, 0.2) is 43.0 Å². The SMILES string of the molecule is C=C(C)c1cc(C=O)c(OCc2ccccc2)nc1C. The number of aryl methyl sites for hydroxylation is 1. The summed E-state index contributed by atoms with van der Waals surface area (Å²) in [4.78, 5) is 15.5. The molecule has 3 nitrogen and oxygen atoms in total. The molecule has 0 unspecified atom stereocenters. The van der Waals surface area contributed by atoms with Crippen LogP contribution in [0.2, 0.25) is 0 Å². The lowest BCUT2D eigenvalue weighted by molar-refractivity contribution is 0.111. The second kappa shape index (κ2) is 6.15. The Bertz CT molecular complexity index is 633. The van der Waals surface area contributed by atoms with Gasteiger partial charge in [-0.15, -0.1) is 0 Å². The van der Waals surface area contributed by atoms with Crippen LogP contribution in [0.3, 0.4) is 0 Å². The molecular formula is C17H17NO2. The van der Waals surface area contributed by atoms with E-state index in [1.54, 1.807) is 6.07 Å². The van der Waals surface area contributed by atoms with Gasteiger partial charge >= 0.3 is 0 Å². The van der Waals surface area contributed by atoms with Crippen molar-refractivity contribution in [2.75, 3.05) is 0 Å². The Morgan fingerprint density at radius 2 is 2.05 bits per heavy atom. The van der Waals surface area contributed by atoms with Crippen molar-refractivity contribution >= 4 is 11.9 Å². The monoisotopic (exact) mass is 267 g/mol. The highest BCUT2D eigenvalue weighted by Gasteiger charge is 2.10. The molecule has 0 aliphatic rings. The maximum Gasteiger partial charge on any atom is 0.224 e. The molecule has 1 aromatic heterocycles. The summed E-state index contributed by atoms with van der Waals surface area (Å²) in [6.45, 7) is 8.05. The first-order chi connectivity index (χ1) is 9.61. The van der Waals surface area contributed by atoms with Gasteiger partial charge in [-0.3, -0.25) is 4.79 Å². The van der Waals surface area contributed by atoms with Crippen molar-refractivity contribution < 1.29 is 9.53 Å². The predicted octanol–water partition coefficient (Wildman–Crippen LogP) is 3.81. The first-order valence-corrected chi connectivity index (χ1v) is 6.41. The predicted molar refractivity (Wildman–Crippen MR) is 79.8 cm³/mol. The molecule has 2 aromatic rings. The fraction of sp³-hybridized carbons (Fsp3) is 0.176. The lowest BCUT2D eigenvalue weighted by Gasteiger charge is -2.11. The third-order valence-electron chi connectivity index (χ3n) is 3.01. The summed E-state index contributed by atoms with van der Waals surface area (Å²) >= 11 is 0. The molecule has 0 radical (unpaired) electrons. The zero-order chi connectivity index (χ0) is 14.5. The highest BCUT2D eigenvalue weighted by atomic mass is 16.5. The third kappa shape index (κ3) is 3.12. The van der Waals surface area contributed by atoms with Gasteiger partial charge in [-0.25, -0.2) is 4.98 Å². The van der Waals surface area contributed by atoms with Crippen LogP contribution >= 0.6 is 0 Å². The molecule has 0 saturated carbocycles. The number of pyridine rings is 1. The molecule has 20 heavy (non-hydrogen) atoms. The fourth-order valence-corrected chi connectivity index (χ4v) is 1.96. The van der Waals surface area contributed by atoms with Crippen LogP contribution in [0, 0.1) is 6.92 Å². The fourth-order valence-electron chi connectivity index (χ4n) is 1.96. The first-order valence-electron chi connectivity index (χ1n) is 6.41. The molecule has 1 heterocycles. The van der Waals surface area contributed by atoms with E-state index in [2.05, 4.69) is 11.6 Å². The molecule has 2 rings (SSSR count). The molecule has 0 N–H and O–H groups in total. The molecule has 0 fully saturated rings. The van der Waals surface area contributed by atoms with Gasteiger partial charge < -0.3 is 4.74 Å². The van der Waals surface area contributed by atoms with Crippen molar-refractivity contribution in [2.24, 2.45) is 0 Å². The number of carbonyl (C=O) groups excluding carboxylic acids is 1. The van der Waals surface area contributed by atoms with Crippen molar-refractivity contribution in [1.82, 2.24) is 4.98 Å². The standard InChI is InChI=1S/C17H17NO2/c1-12(2)16-9-15(10-19)17(18-13(16)3)20-11-14-7-5-4-6-8-14/h4-10H,1,11H2,2-3H3. The average Bonchev–Trinajstić information content (AvgIpc) is 2.46. The van der Waals surface area contributed by atoms with Gasteiger partial charge in [-0.1, -0.05) is 36.9 Å². The molecule has 102 valence electrons. The van der Waals surface area contributed by atoms with Gasteiger partial charge in [0, 0.05) is 5.69 Å². The van der Waals surface area contributed by atoms with E-state index in [0.717, 1.165) is 28.7 Å². The zero-order valence-electron chi connectivity index (χ0n) is 11.7. The Morgan fingerprint density at radius 3 is 2.65 bits per heavy atom. The summed E-state index contributed by atoms with van der Waals surface area (Å²) in [5, 5.41) is 0. The third-order valence-corrected chi connectivity index (χ3v) is 3.01.